The van der Waals surface area contributed by atoms with Gasteiger partial charge < -0.3 is 10.6 Å². The maximum atomic E-state index is 8.94. The third kappa shape index (κ3) is 7.80. The van der Waals surface area contributed by atoms with Crippen LogP contribution in [0.15, 0.2) is 64.5 Å². The first-order valence-electron chi connectivity index (χ1n) is 7.86. The second-order valence-electron chi connectivity index (χ2n) is 5.36. The third-order valence-electron chi connectivity index (χ3n) is 3.38. The topological polar surface area (TPSA) is 60.2 Å². The van der Waals surface area contributed by atoms with Crippen molar-refractivity contribution in [3.63, 3.8) is 0 Å². The number of hydrogen-bond acceptors (Lipinski definition) is 3. The Balaban J connectivity index is 0.00000312. The lowest BCUT2D eigenvalue weighted by Gasteiger charge is -2.16. The van der Waals surface area contributed by atoms with E-state index >= 15 is 0 Å². The Morgan fingerprint density at radius 2 is 1.92 bits per heavy atom. The molecule has 25 heavy (non-hydrogen) atoms. The number of nitriles is 1. The first kappa shape index (κ1) is 21.3. The van der Waals surface area contributed by atoms with Crippen LogP contribution in [0, 0.1) is 11.3 Å². The number of halogens is 1. The molecule has 0 bridgehead atoms. The number of guanidine groups is 1. The van der Waals surface area contributed by atoms with Gasteiger partial charge in [-0.1, -0.05) is 37.3 Å². The second kappa shape index (κ2) is 11.8. The van der Waals surface area contributed by atoms with Crippen LogP contribution in [0.4, 0.5) is 0 Å². The Morgan fingerprint density at radius 3 is 2.60 bits per heavy atom. The first-order chi connectivity index (χ1) is 11.7. The van der Waals surface area contributed by atoms with Crippen molar-refractivity contribution in [2.45, 2.75) is 23.6 Å². The molecular weight excluding hydrogens is 443 g/mol. The van der Waals surface area contributed by atoms with Crippen molar-refractivity contribution < 1.29 is 0 Å². The SMILES string of the molecule is CN=C(NCc1cccc(C#N)c1)NCC(C)Sc1ccccc1.I. The first-order valence-corrected chi connectivity index (χ1v) is 8.74. The fourth-order valence-corrected chi connectivity index (χ4v) is 3.12. The zero-order valence-corrected chi connectivity index (χ0v) is 17.5. The van der Waals surface area contributed by atoms with Crippen molar-refractivity contribution in [1.29, 1.82) is 5.26 Å². The molecule has 0 saturated carbocycles. The Morgan fingerprint density at radius 1 is 1.16 bits per heavy atom. The minimum Gasteiger partial charge on any atom is -0.355 e. The van der Waals surface area contributed by atoms with E-state index in [4.69, 9.17) is 5.26 Å². The molecule has 0 aliphatic rings. The monoisotopic (exact) mass is 466 g/mol. The van der Waals surface area contributed by atoms with Crippen LogP contribution in [0.25, 0.3) is 0 Å². The van der Waals surface area contributed by atoms with Gasteiger partial charge >= 0.3 is 0 Å². The van der Waals surface area contributed by atoms with Crippen molar-refractivity contribution in [2.75, 3.05) is 13.6 Å². The molecule has 4 nitrogen and oxygen atoms in total. The van der Waals surface area contributed by atoms with E-state index in [2.05, 4.69) is 52.9 Å². The van der Waals surface area contributed by atoms with Gasteiger partial charge in [-0.2, -0.15) is 5.26 Å². The van der Waals surface area contributed by atoms with Crippen LogP contribution in [0.5, 0.6) is 0 Å². The van der Waals surface area contributed by atoms with Crippen molar-refractivity contribution in [3.05, 3.63) is 65.7 Å². The molecule has 1 unspecified atom stereocenters. The zero-order valence-electron chi connectivity index (χ0n) is 14.4. The molecule has 0 aliphatic heterocycles. The number of nitrogens with zero attached hydrogens (tertiary/aromatic N) is 2. The van der Waals surface area contributed by atoms with Gasteiger partial charge in [0, 0.05) is 30.3 Å². The summed E-state index contributed by atoms with van der Waals surface area (Å²) < 4.78 is 0. The second-order valence-corrected chi connectivity index (χ2v) is 6.87. The minimum atomic E-state index is 0. The van der Waals surface area contributed by atoms with Crippen LogP contribution in [0.1, 0.15) is 18.1 Å². The van der Waals surface area contributed by atoms with E-state index in [1.165, 1.54) is 4.90 Å². The summed E-state index contributed by atoms with van der Waals surface area (Å²) in [7, 11) is 1.76. The summed E-state index contributed by atoms with van der Waals surface area (Å²) in [5.41, 5.74) is 1.73. The quantitative estimate of drug-likeness (QED) is 0.292. The normalized spacial score (nSPS) is 11.8. The highest BCUT2D eigenvalue weighted by atomic mass is 127. The minimum absolute atomic E-state index is 0. The average Bonchev–Trinajstić information content (AvgIpc) is 2.63. The van der Waals surface area contributed by atoms with Gasteiger partial charge in [0.15, 0.2) is 5.96 Å². The molecule has 6 heteroatoms. The summed E-state index contributed by atoms with van der Waals surface area (Å²) in [6, 6.07) is 20.1. The van der Waals surface area contributed by atoms with Crippen LogP contribution in [0.2, 0.25) is 0 Å². The van der Waals surface area contributed by atoms with Gasteiger partial charge in [0.2, 0.25) is 0 Å². The molecule has 0 aliphatic carbocycles. The highest BCUT2D eigenvalue weighted by Gasteiger charge is 2.06. The van der Waals surface area contributed by atoms with Crippen LogP contribution in [0.3, 0.4) is 0 Å². The molecule has 0 radical (unpaired) electrons. The summed E-state index contributed by atoms with van der Waals surface area (Å²) in [6.07, 6.45) is 0. The van der Waals surface area contributed by atoms with Gasteiger partial charge in [0.25, 0.3) is 0 Å². The maximum Gasteiger partial charge on any atom is 0.191 e. The van der Waals surface area contributed by atoms with Crippen molar-refractivity contribution in [3.8, 4) is 6.07 Å². The third-order valence-corrected chi connectivity index (χ3v) is 4.49. The fourth-order valence-electron chi connectivity index (χ4n) is 2.17. The standard InChI is InChI=1S/C19H22N4S.HI/c1-15(24-18-9-4-3-5-10-18)13-22-19(21-2)23-14-17-8-6-7-16(11-17)12-20;/h3-11,15H,13-14H2,1-2H3,(H2,21,22,23);1H. The van der Waals surface area contributed by atoms with Gasteiger partial charge in [-0.05, 0) is 29.8 Å². The van der Waals surface area contributed by atoms with E-state index < -0.39 is 0 Å². The largest absolute Gasteiger partial charge is 0.355 e. The molecule has 1 atom stereocenters. The molecule has 0 heterocycles. The van der Waals surface area contributed by atoms with Gasteiger partial charge in [-0.25, -0.2) is 0 Å². The lowest BCUT2D eigenvalue weighted by Crippen LogP contribution is -2.39. The van der Waals surface area contributed by atoms with Crippen molar-refractivity contribution >= 4 is 41.7 Å². The molecule has 0 fully saturated rings. The van der Waals surface area contributed by atoms with E-state index in [0.29, 0.717) is 17.4 Å². The average molecular weight is 466 g/mol. The highest BCUT2D eigenvalue weighted by molar-refractivity contribution is 14.0. The maximum absolute atomic E-state index is 8.94. The van der Waals surface area contributed by atoms with Gasteiger partial charge in [0.05, 0.1) is 11.6 Å². The molecule has 0 aromatic heterocycles. The molecule has 2 rings (SSSR count). The van der Waals surface area contributed by atoms with Crippen molar-refractivity contribution in [2.24, 2.45) is 4.99 Å². The summed E-state index contributed by atoms with van der Waals surface area (Å²) in [4.78, 5) is 5.51. The smallest absolute Gasteiger partial charge is 0.191 e. The number of benzene rings is 2. The van der Waals surface area contributed by atoms with E-state index in [9.17, 15) is 0 Å². The number of thioether (sulfide) groups is 1. The van der Waals surface area contributed by atoms with Crippen LogP contribution in [-0.2, 0) is 6.54 Å². The lowest BCUT2D eigenvalue weighted by atomic mass is 10.1. The fraction of sp³-hybridized carbons (Fsp3) is 0.263. The molecule has 0 saturated heterocycles. The number of nitrogens with one attached hydrogen (secondary N) is 2. The van der Waals surface area contributed by atoms with E-state index in [0.717, 1.165) is 18.1 Å². The van der Waals surface area contributed by atoms with Crippen LogP contribution >= 0.6 is 35.7 Å². The molecule has 0 spiro atoms. The Kier molecular flexibility index (Phi) is 10.0. The molecule has 2 aromatic rings. The van der Waals surface area contributed by atoms with E-state index in [1.807, 2.05) is 36.0 Å². The van der Waals surface area contributed by atoms with Gasteiger partial charge in [-0.3, -0.25) is 4.99 Å². The molecule has 132 valence electrons. The Labute approximate surface area is 171 Å². The Hall–Kier alpha value is -1.72. The van der Waals surface area contributed by atoms with Crippen LogP contribution < -0.4 is 10.6 Å². The molecule has 2 aromatic carbocycles. The molecular formula is C19H23IN4S. The highest BCUT2D eigenvalue weighted by Crippen LogP contribution is 2.21. The summed E-state index contributed by atoms with van der Waals surface area (Å²) in [5, 5.41) is 16.0. The van der Waals surface area contributed by atoms with E-state index in [-0.39, 0.29) is 24.0 Å². The van der Waals surface area contributed by atoms with Crippen molar-refractivity contribution in [1.82, 2.24) is 10.6 Å². The Bertz CT molecular complexity index is 713. The summed E-state index contributed by atoms with van der Waals surface area (Å²) >= 11 is 1.83. The number of aliphatic imine (C=N–C) groups is 1. The lowest BCUT2D eigenvalue weighted by molar-refractivity contribution is 0.790. The predicted molar refractivity (Wildman–Crippen MR) is 117 cm³/mol. The van der Waals surface area contributed by atoms with Gasteiger partial charge in [0.1, 0.15) is 0 Å². The van der Waals surface area contributed by atoms with Gasteiger partial charge in [-0.15, -0.1) is 35.7 Å². The van der Waals surface area contributed by atoms with E-state index in [1.54, 1.807) is 13.1 Å². The summed E-state index contributed by atoms with van der Waals surface area (Å²) in [6.45, 7) is 3.64. The predicted octanol–water partition coefficient (Wildman–Crippen LogP) is 4.02. The molecule has 0 amide bonds. The molecule has 2 N–H and O–H groups in total. The number of hydrogen-bond donors (Lipinski definition) is 2. The summed E-state index contributed by atoms with van der Waals surface area (Å²) in [5.74, 6) is 0.762. The van der Waals surface area contributed by atoms with Crippen LogP contribution in [-0.4, -0.2) is 24.8 Å². The zero-order chi connectivity index (χ0) is 17.2. The number of rotatable bonds is 6.